The number of hydrogen-bond donors (Lipinski definition) is 2. The SMILES string of the molecule is O=S(=O)(O)CCCCCCCCCCCCCCCCCCCCCO. The van der Waals surface area contributed by atoms with Gasteiger partial charge in [0.1, 0.15) is 0 Å². The summed E-state index contributed by atoms with van der Waals surface area (Å²) < 4.78 is 29.8. The Bertz CT molecular complexity index is 368. The summed E-state index contributed by atoms with van der Waals surface area (Å²) in [6, 6.07) is 0. The largest absolute Gasteiger partial charge is 0.396 e. The van der Waals surface area contributed by atoms with E-state index in [1.54, 1.807) is 0 Å². The minimum Gasteiger partial charge on any atom is -0.396 e. The molecule has 2 N–H and O–H groups in total. The molecule has 0 fully saturated rings. The molecule has 0 spiro atoms. The van der Waals surface area contributed by atoms with Gasteiger partial charge in [0, 0.05) is 6.61 Å². The van der Waals surface area contributed by atoms with Crippen LogP contribution in [0.2, 0.25) is 0 Å². The average Bonchev–Trinajstić information content (AvgIpc) is 2.59. The van der Waals surface area contributed by atoms with Gasteiger partial charge in [0.25, 0.3) is 10.1 Å². The second-order valence-electron chi connectivity index (χ2n) is 7.73. The molecule has 0 saturated carbocycles. The Labute approximate surface area is 162 Å². The molecule has 0 aliphatic rings. The zero-order valence-electron chi connectivity index (χ0n) is 17.0. The molecule has 0 bridgehead atoms. The highest BCUT2D eigenvalue weighted by Crippen LogP contribution is 2.14. The van der Waals surface area contributed by atoms with E-state index in [4.69, 9.17) is 9.66 Å². The third kappa shape index (κ3) is 23.9. The molecule has 0 radical (unpaired) electrons. The van der Waals surface area contributed by atoms with Gasteiger partial charge in [0.05, 0.1) is 5.75 Å². The third-order valence-corrected chi connectivity index (χ3v) is 5.86. The number of unbranched alkanes of at least 4 members (excludes halogenated alkanes) is 18. The highest BCUT2D eigenvalue weighted by molar-refractivity contribution is 7.85. The van der Waals surface area contributed by atoms with E-state index in [2.05, 4.69) is 0 Å². The normalized spacial score (nSPS) is 11.9. The van der Waals surface area contributed by atoms with E-state index in [0.717, 1.165) is 19.3 Å². The summed E-state index contributed by atoms with van der Waals surface area (Å²) in [6.07, 6.45) is 23.4. The van der Waals surface area contributed by atoms with Crippen molar-refractivity contribution >= 4 is 10.1 Å². The number of rotatable bonds is 21. The highest BCUT2D eigenvalue weighted by atomic mass is 32.2. The van der Waals surface area contributed by atoms with Crippen molar-refractivity contribution in [3.63, 3.8) is 0 Å². The number of hydrogen-bond acceptors (Lipinski definition) is 3. The molecule has 0 aliphatic heterocycles. The summed E-state index contributed by atoms with van der Waals surface area (Å²) in [5, 5.41) is 8.71. The Morgan fingerprint density at radius 3 is 0.885 bits per heavy atom. The van der Waals surface area contributed by atoms with Gasteiger partial charge >= 0.3 is 0 Å². The topological polar surface area (TPSA) is 74.6 Å². The monoisotopic (exact) mass is 392 g/mol. The van der Waals surface area contributed by atoms with Gasteiger partial charge in [-0.25, -0.2) is 0 Å². The Kier molecular flexibility index (Phi) is 19.5. The standard InChI is InChI=1S/C21H44O4S/c22-20-18-16-14-12-10-8-6-4-2-1-3-5-7-9-11-13-15-17-19-21-26(23,24)25/h22H,1-21H2,(H,23,24,25). The van der Waals surface area contributed by atoms with Crippen LogP contribution < -0.4 is 0 Å². The van der Waals surface area contributed by atoms with Gasteiger partial charge in [0.15, 0.2) is 0 Å². The first-order valence-corrected chi connectivity index (χ1v) is 12.7. The third-order valence-electron chi connectivity index (χ3n) is 5.06. The maximum Gasteiger partial charge on any atom is 0.264 e. The van der Waals surface area contributed by atoms with Gasteiger partial charge in [-0.2, -0.15) is 8.42 Å². The molecule has 0 rings (SSSR count). The molecule has 0 heterocycles. The molecule has 158 valence electrons. The summed E-state index contributed by atoms with van der Waals surface area (Å²) in [7, 11) is -3.76. The van der Waals surface area contributed by atoms with Crippen LogP contribution in [0.3, 0.4) is 0 Å². The fourth-order valence-electron chi connectivity index (χ4n) is 3.40. The molecule has 0 atom stereocenters. The fraction of sp³-hybridized carbons (Fsp3) is 1.00. The molecule has 0 amide bonds. The van der Waals surface area contributed by atoms with Crippen molar-refractivity contribution in [2.24, 2.45) is 0 Å². The minimum absolute atomic E-state index is 0.0857. The Morgan fingerprint density at radius 1 is 0.423 bits per heavy atom. The van der Waals surface area contributed by atoms with Crippen molar-refractivity contribution in [2.75, 3.05) is 12.4 Å². The molecule has 26 heavy (non-hydrogen) atoms. The van der Waals surface area contributed by atoms with E-state index in [0.29, 0.717) is 13.0 Å². The van der Waals surface area contributed by atoms with Crippen molar-refractivity contribution in [1.29, 1.82) is 0 Å². The molecule has 0 unspecified atom stereocenters. The highest BCUT2D eigenvalue weighted by Gasteiger charge is 2.02. The van der Waals surface area contributed by atoms with Gasteiger partial charge in [-0.15, -0.1) is 0 Å². The van der Waals surface area contributed by atoms with Crippen LogP contribution in [0.1, 0.15) is 122 Å². The predicted molar refractivity (Wildman–Crippen MR) is 111 cm³/mol. The van der Waals surface area contributed by atoms with E-state index >= 15 is 0 Å². The maximum atomic E-state index is 10.6. The minimum atomic E-state index is -3.76. The van der Waals surface area contributed by atoms with Gasteiger partial charge in [-0.1, -0.05) is 109 Å². The van der Waals surface area contributed by atoms with Crippen LogP contribution in [-0.2, 0) is 10.1 Å². The second-order valence-corrected chi connectivity index (χ2v) is 9.30. The molecule has 0 aromatic heterocycles. The number of aliphatic hydroxyl groups is 1. The lowest BCUT2D eigenvalue weighted by atomic mass is 10.0. The van der Waals surface area contributed by atoms with Crippen molar-refractivity contribution in [2.45, 2.75) is 122 Å². The van der Waals surface area contributed by atoms with Crippen LogP contribution in [0.5, 0.6) is 0 Å². The lowest BCUT2D eigenvalue weighted by molar-refractivity contribution is 0.282. The van der Waals surface area contributed by atoms with Crippen molar-refractivity contribution in [3.05, 3.63) is 0 Å². The van der Waals surface area contributed by atoms with Crippen LogP contribution in [0.4, 0.5) is 0 Å². The lowest BCUT2D eigenvalue weighted by Gasteiger charge is -2.04. The van der Waals surface area contributed by atoms with Gasteiger partial charge in [-0.3, -0.25) is 4.55 Å². The second kappa shape index (κ2) is 19.6. The molecule has 5 heteroatoms. The van der Waals surface area contributed by atoms with Crippen LogP contribution in [0.25, 0.3) is 0 Å². The molecule has 0 aromatic rings. The molecule has 0 aromatic carbocycles. The Hall–Kier alpha value is -0.130. The van der Waals surface area contributed by atoms with Gasteiger partial charge < -0.3 is 5.11 Å². The van der Waals surface area contributed by atoms with Crippen molar-refractivity contribution in [3.8, 4) is 0 Å². The van der Waals surface area contributed by atoms with Crippen LogP contribution in [0.15, 0.2) is 0 Å². The first kappa shape index (κ1) is 25.9. The summed E-state index contributed by atoms with van der Waals surface area (Å²) >= 11 is 0. The van der Waals surface area contributed by atoms with E-state index in [1.165, 1.54) is 96.3 Å². The quantitative estimate of drug-likeness (QED) is 0.178. The van der Waals surface area contributed by atoms with Crippen LogP contribution >= 0.6 is 0 Å². The Balaban J connectivity index is 3.03. The summed E-state index contributed by atoms with van der Waals surface area (Å²) in [6.45, 7) is 0.347. The summed E-state index contributed by atoms with van der Waals surface area (Å²) in [5.41, 5.74) is 0. The zero-order valence-corrected chi connectivity index (χ0v) is 17.8. The molecular formula is C21H44O4S. The molecule has 0 saturated heterocycles. The van der Waals surface area contributed by atoms with E-state index in [1.807, 2.05) is 0 Å². The fourth-order valence-corrected chi connectivity index (χ4v) is 3.97. The summed E-state index contributed by atoms with van der Waals surface area (Å²) in [4.78, 5) is 0. The predicted octanol–water partition coefficient (Wildman–Crippen LogP) is 6.28. The van der Waals surface area contributed by atoms with Crippen molar-refractivity contribution in [1.82, 2.24) is 0 Å². The molecule has 4 nitrogen and oxygen atoms in total. The first-order chi connectivity index (χ1) is 12.6. The Morgan fingerprint density at radius 2 is 0.654 bits per heavy atom. The average molecular weight is 393 g/mol. The lowest BCUT2D eigenvalue weighted by Crippen LogP contribution is -2.03. The van der Waals surface area contributed by atoms with Gasteiger partial charge in [0.2, 0.25) is 0 Å². The van der Waals surface area contributed by atoms with E-state index in [9.17, 15) is 8.42 Å². The zero-order chi connectivity index (χ0) is 19.3. The molecular weight excluding hydrogens is 348 g/mol. The maximum absolute atomic E-state index is 10.6. The van der Waals surface area contributed by atoms with Gasteiger partial charge in [-0.05, 0) is 12.8 Å². The first-order valence-electron chi connectivity index (χ1n) is 11.1. The number of aliphatic hydroxyl groups excluding tert-OH is 1. The van der Waals surface area contributed by atoms with E-state index < -0.39 is 10.1 Å². The van der Waals surface area contributed by atoms with Crippen molar-refractivity contribution < 1.29 is 18.1 Å². The van der Waals surface area contributed by atoms with Crippen LogP contribution in [-0.4, -0.2) is 30.4 Å². The smallest absolute Gasteiger partial charge is 0.264 e. The van der Waals surface area contributed by atoms with E-state index in [-0.39, 0.29) is 5.75 Å². The van der Waals surface area contributed by atoms with Crippen LogP contribution in [0, 0.1) is 0 Å². The summed E-state index contributed by atoms with van der Waals surface area (Å²) in [5.74, 6) is -0.0857. The molecule has 0 aliphatic carbocycles.